The zero-order valence-electron chi connectivity index (χ0n) is 9.35. The predicted molar refractivity (Wildman–Crippen MR) is 65.6 cm³/mol. The Kier molecular flexibility index (Phi) is 5.32. The molecule has 0 amide bonds. The van der Waals surface area contributed by atoms with Crippen LogP contribution in [-0.2, 0) is 9.16 Å². The van der Waals surface area contributed by atoms with Crippen LogP contribution < -0.4 is 0 Å². The van der Waals surface area contributed by atoms with Crippen LogP contribution in [0.5, 0.6) is 0 Å². The molecule has 2 atom stereocenters. The van der Waals surface area contributed by atoms with Crippen LogP contribution in [-0.4, -0.2) is 16.8 Å². The number of benzene rings is 1. The first-order valence-electron chi connectivity index (χ1n) is 5.12. The van der Waals surface area contributed by atoms with Crippen molar-refractivity contribution in [1.82, 2.24) is 0 Å². The summed E-state index contributed by atoms with van der Waals surface area (Å²) in [6, 6.07) is 10.2. The molecule has 0 bridgehead atoms. The predicted octanol–water partition coefficient (Wildman–Crippen LogP) is 1.96. The quantitative estimate of drug-likeness (QED) is 0.416. The van der Waals surface area contributed by atoms with Gasteiger partial charge in [-0.05, 0) is 18.9 Å². The van der Waals surface area contributed by atoms with Crippen LogP contribution in [0, 0.1) is 0 Å². The van der Waals surface area contributed by atoms with Gasteiger partial charge in [0.1, 0.15) is 16.8 Å². The Bertz CT molecular complexity index is 287. The van der Waals surface area contributed by atoms with Crippen molar-refractivity contribution in [3.63, 3.8) is 0 Å². The van der Waals surface area contributed by atoms with Gasteiger partial charge in [-0.1, -0.05) is 36.4 Å². The van der Waals surface area contributed by atoms with E-state index in [2.05, 4.69) is 18.7 Å². The minimum Gasteiger partial charge on any atom is -0.404 e. The average molecular weight is 222 g/mol. The normalized spacial score (nSPS) is 14.7. The maximum Gasteiger partial charge on any atom is 0.149 e. The third kappa shape index (κ3) is 3.99. The Morgan fingerprint density at radius 3 is 2.60 bits per heavy atom. The molecule has 0 aliphatic heterocycles. The molecule has 82 valence electrons. The topological polar surface area (TPSA) is 18.5 Å². The Balaban J connectivity index is 2.69. The molecular weight excluding hydrogens is 204 g/mol. The van der Waals surface area contributed by atoms with E-state index in [1.165, 1.54) is 5.56 Å². The number of rotatable bonds is 6. The molecule has 0 fully saturated rings. The van der Waals surface area contributed by atoms with Gasteiger partial charge in [-0.15, -0.1) is 6.58 Å². The van der Waals surface area contributed by atoms with Crippen LogP contribution in [0.25, 0.3) is 0 Å². The minimum absolute atomic E-state index is 0.0487. The first kappa shape index (κ1) is 12.2. The molecule has 0 aliphatic rings. The third-order valence-electron chi connectivity index (χ3n) is 2.24. The Hall–Kier alpha value is -0.903. The van der Waals surface area contributed by atoms with Crippen molar-refractivity contribution in [2.24, 2.45) is 0 Å². The summed E-state index contributed by atoms with van der Waals surface area (Å²) in [7, 11) is 0.694. The largest absolute Gasteiger partial charge is 0.404 e. The first-order chi connectivity index (χ1) is 7.27. The number of hydrogen-bond donors (Lipinski definition) is 0. The summed E-state index contributed by atoms with van der Waals surface area (Å²) in [5, 5.41) is 0. The van der Waals surface area contributed by atoms with E-state index in [-0.39, 0.29) is 12.4 Å². The highest BCUT2D eigenvalue weighted by Crippen LogP contribution is 2.22. The van der Waals surface area contributed by atoms with Crippen LogP contribution in [0.2, 0.25) is 0 Å². The molecule has 2 nitrogen and oxygen atoms in total. The standard InChI is InChI=1S/C12H18O2Si/c1-3-7-12(13-10(2)14-15)11-8-5-4-6-9-11/h3-6,8-10,12H,1,7H2,2,15H3. The van der Waals surface area contributed by atoms with Gasteiger partial charge in [-0.2, -0.15) is 0 Å². The van der Waals surface area contributed by atoms with Gasteiger partial charge in [-0.3, -0.25) is 0 Å². The fourth-order valence-corrected chi connectivity index (χ4v) is 1.49. The van der Waals surface area contributed by atoms with Crippen LogP contribution >= 0.6 is 0 Å². The van der Waals surface area contributed by atoms with E-state index in [0.717, 1.165) is 6.42 Å². The van der Waals surface area contributed by atoms with Crippen molar-refractivity contribution in [3.05, 3.63) is 48.6 Å². The van der Waals surface area contributed by atoms with Crippen LogP contribution in [0.1, 0.15) is 25.0 Å². The molecule has 15 heavy (non-hydrogen) atoms. The van der Waals surface area contributed by atoms with E-state index < -0.39 is 0 Å². The van der Waals surface area contributed by atoms with Crippen LogP contribution in [0.4, 0.5) is 0 Å². The van der Waals surface area contributed by atoms with Gasteiger partial charge < -0.3 is 9.16 Å². The Labute approximate surface area is 94.5 Å². The smallest absolute Gasteiger partial charge is 0.149 e. The van der Waals surface area contributed by atoms with E-state index in [1.807, 2.05) is 31.2 Å². The second-order valence-electron chi connectivity index (χ2n) is 3.36. The fraction of sp³-hybridized carbons (Fsp3) is 0.333. The first-order valence-corrected chi connectivity index (χ1v) is 5.93. The molecule has 2 unspecified atom stereocenters. The Morgan fingerprint density at radius 1 is 1.40 bits per heavy atom. The highest BCUT2D eigenvalue weighted by atomic mass is 28.2. The van der Waals surface area contributed by atoms with E-state index in [1.54, 1.807) is 0 Å². The highest BCUT2D eigenvalue weighted by Gasteiger charge is 2.12. The molecule has 1 rings (SSSR count). The third-order valence-corrected chi connectivity index (χ3v) is 2.90. The second-order valence-corrected chi connectivity index (χ2v) is 3.83. The van der Waals surface area contributed by atoms with E-state index in [4.69, 9.17) is 9.16 Å². The maximum atomic E-state index is 5.77. The van der Waals surface area contributed by atoms with Crippen molar-refractivity contribution < 1.29 is 9.16 Å². The number of ether oxygens (including phenoxy) is 1. The molecule has 0 N–H and O–H groups in total. The molecule has 0 saturated carbocycles. The summed E-state index contributed by atoms with van der Waals surface area (Å²) in [4.78, 5) is 0. The minimum atomic E-state index is -0.137. The molecule has 0 radical (unpaired) electrons. The van der Waals surface area contributed by atoms with Gasteiger partial charge in [0, 0.05) is 0 Å². The van der Waals surface area contributed by atoms with E-state index in [9.17, 15) is 0 Å². The van der Waals surface area contributed by atoms with Crippen molar-refractivity contribution in [2.45, 2.75) is 25.7 Å². The summed E-state index contributed by atoms with van der Waals surface area (Å²) >= 11 is 0. The number of hydrogen-bond acceptors (Lipinski definition) is 2. The summed E-state index contributed by atoms with van der Waals surface area (Å²) in [5.74, 6) is 0. The van der Waals surface area contributed by atoms with Crippen LogP contribution in [0.15, 0.2) is 43.0 Å². The fourth-order valence-electron chi connectivity index (χ4n) is 1.38. The zero-order chi connectivity index (χ0) is 11.1. The van der Waals surface area contributed by atoms with Gasteiger partial charge in [0.05, 0.1) is 6.10 Å². The highest BCUT2D eigenvalue weighted by molar-refractivity contribution is 5.98. The average Bonchev–Trinajstić information content (AvgIpc) is 2.29. The second kappa shape index (κ2) is 6.56. The van der Waals surface area contributed by atoms with Gasteiger partial charge in [0.15, 0.2) is 0 Å². The van der Waals surface area contributed by atoms with Gasteiger partial charge in [-0.25, -0.2) is 0 Å². The monoisotopic (exact) mass is 222 g/mol. The van der Waals surface area contributed by atoms with Gasteiger partial charge >= 0.3 is 0 Å². The van der Waals surface area contributed by atoms with E-state index >= 15 is 0 Å². The van der Waals surface area contributed by atoms with E-state index in [0.29, 0.717) is 10.5 Å². The van der Waals surface area contributed by atoms with Crippen molar-refractivity contribution in [2.75, 3.05) is 0 Å². The maximum absolute atomic E-state index is 5.77. The molecule has 0 aliphatic carbocycles. The lowest BCUT2D eigenvalue weighted by Gasteiger charge is -2.21. The lowest BCUT2D eigenvalue weighted by atomic mass is 10.1. The van der Waals surface area contributed by atoms with Crippen molar-refractivity contribution in [3.8, 4) is 0 Å². The summed E-state index contributed by atoms with van der Waals surface area (Å²) in [6.45, 7) is 5.67. The van der Waals surface area contributed by atoms with Crippen molar-refractivity contribution >= 4 is 10.5 Å². The molecule has 0 heterocycles. The molecule has 0 spiro atoms. The SMILES string of the molecule is C=CCC(OC(C)O[SiH3])c1ccccc1. The van der Waals surface area contributed by atoms with Gasteiger partial charge in [0.25, 0.3) is 0 Å². The lowest BCUT2D eigenvalue weighted by Crippen LogP contribution is -2.15. The summed E-state index contributed by atoms with van der Waals surface area (Å²) in [5.41, 5.74) is 1.17. The van der Waals surface area contributed by atoms with Crippen molar-refractivity contribution in [1.29, 1.82) is 0 Å². The van der Waals surface area contributed by atoms with Crippen LogP contribution in [0.3, 0.4) is 0 Å². The summed E-state index contributed by atoms with van der Waals surface area (Å²) in [6.07, 6.45) is 2.59. The molecule has 3 heteroatoms. The lowest BCUT2D eigenvalue weighted by molar-refractivity contribution is -0.106. The molecule has 1 aromatic carbocycles. The Morgan fingerprint density at radius 2 is 2.07 bits per heavy atom. The zero-order valence-corrected chi connectivity index (χ0v) is 11.3. The molecule has 1 aromatic rings. The molecule has 0 aromatic heterocycles. The molecular formula is C12H18O2Si. The molecule has 0 saturated heterocycles. The van der Waals surface area contributed by atoms with Gasteiger partial charge in [0.2, 0.25) is 0 Å². The summed E-state index contributed by atoms with van der Waals surface area (Å²) < 4.78 is 11.0.